The fourth-order valence-electron chi connectivity index (χ4n) is 2.50. The minimum Gasteiger partial charge on any atom is -0.344 e. The lowest BCUT2D eigenvalue weighted by Gasteiger charge is -2.19. The maximum absolute atomic E-state index is 11.8. The molecule has 3 nitrogen and oxygen atoms in total. The standard InChI is InChI=1S/C20H24N2OS/c1-4-12-21-19(23)14-22-20(18-7-6-13-24-18)17-10-8-16(9-11-17)15(3)5-2/h1,6-11,13,15,20,22H,5,12,14H2,2-3H3,(H,21,23)/t15-,20-/m1/s1. The fraction of sp³-hybridized carbons (Fsp3) is 0.350. The molecule has 0 bridgehead atoms. The fourth-order valence-corrected chi connectivity index (χ4v) is 3.32. The molecule has 2 rings (SSSR count). The van der Waals surface area contributed by atoms with E-state index in [9.17, 15) is 4.79 Å². The molecule has 4 heteroatoms. The molecule has 2 atom stereocenters. The molecule has 0 fully saturated rings. The first-order valence-electron chi connectivity index (χ1n) is 8.22. The van der Waals surface area contributed by atoms with Crippen LogP contribution in [0.2, 0.25) is 0 Å². The van der Waals surface area contributed by atoms with Gasteiger partial charge in [-0.05, 0) is 34.9 Å². The van der Waals surface area contributed by atoms with Gasteiger partial charge in [0.15, 0.2) is 0 Å². The van der Waals surface area contributed by atoms with Crippen molar-refractivity contribution < 1.29 is 4.79 Å². The zero-order valence-electron chi connectivity index (χ0n) is 14.2. The highest BCUT2D eigenvalue weighted by Gasteiger charge is 2.16. The number of amides is 1. The molecule has 1 heterocycles. The second kappa shape index (κ2) is 9.27. The van der Waals surface area contributed by atoms with E-state index in [4.69, 9.17) is 6.42 Å². The molecule has 1 aromatic carbocycles. The van der Waals surface area contributed by atoms with Crippen molar-refractivity contribution in [1.29, 1.82) is 0 Å². The first kappa shape index (κ1) is 18.3. The summed E-state index contributed by atoms with van der Waals surface area (Å²) in [6, 6.07) is 12.8. The monoisotopic (exact) mass is 340 g/mol. The molecule has 2 aromatic rings. The smallest absolute Gasteiger partial charge is 0.234 e. The lowest BCUT2D eigenvalue weighted by atomic mass is 9.95. The molecule has 0 spiro atoms. The van der Waals surface area contributed by atoms with Crippen LogP contribution in [0.3, 0.4) is 0 Å². The van der Waals surface area contributed by atoms with Crippen LogP contribution in [0.4, 0.5) is 0 Å². The molecule has 0 aliphatic carbocycles. The number of benzene rings is 1. The van der Waals surface area contributed by atoms with Crippen LogP contribution in [-0.2, 0) is 4.79 Å². The largest absolute Gasteiger partial charge is 0.344 e. The summed E-state index contributed by atoms with van der Waals surface area (Å²) in [4.78, 5) is 13.0. The third-order valence-corrected chi connectivity index (χ3v) is 5.07. The predicted molar refractivity (Wildman–Crippen MR) is 101 cm³/mol. The number of carbonyl (C=O) groups is 1. The quantitative estimate of drug-likeness (QED) is 0.720. The first-order chi connectivity index (χ1) is 11.7. The van der Waals surface area contributed by atoms with Gasteiger partial charge in [0.25, 0.3) is 0 Å². The molecule has 0 saturated carbocycles. The number of terminal acetylenes is 1. The van der Waals surface area contributed by atoms with Crippen molar-refractivity contribution in [3.8, 4) is 12.3 Å². The van der Waals surface area contributed by atoms with Gasteiger partial charge in [-0.25, -0.2) is 0 Å². The number of thiophene rings is 1. The Balaban J connectivity index is 2.12. The van der Waals surface area contributed by atoms with Gasteiger partial charge >= 0.3 is 0 Å². The molecule has 0 aliphatic rings. The van der Waals surface area contributed by atoms with Gasteiger partial charge in [0, 0.05) is 4.88 Å². The number of carbonyl (C=O) groups excluding carboxylic acids is 1. The highest BCUT2D eigenvalue weighted by molar-refractivity contribution is 7.10. The molecule has 24 heavy (non-hydrogen) atoms. The Kier molecular flexibility index (Phi) is 7.05. The van der Waals surface area contributed by atoms with E-state index in [2.05, 4.69) is 66.1 Å². The maximum Gasteiger partial charge on any atom is 0.234 e. The minimum atomic E-state index is -0.0919. The van der Waals surface area contributed by atoms with E-state index < -0.39 is 0 Å². The Hall–Kier alpha value is -2.09. The van der Waals surface area contributed by atoms with Crippen molar-refractivity contribution in [2.45, 2.75) is 32.2 Å². The van der Waals surface area contributed by atoms with Crippen LogP contribution in [0.5, 0.6) is 0 Å². The van der Waals surface area contributed by atoms with Crippen LogP contribution < -0.4 is 10.6 Å². The Morgan fingerprint density at radius 2 is 1.96 bits per heavy atom. The average molecular weight is 340 g/mol. The maximum atomic E-state index is 11.8. The van der Waals surface area contributed by atoms with Crippen molar-refractivity contribution in [1.82, 2.24) is 10.6 Å². The third kappa shape index (κ3) is 4.95. The van der Waals surface area contributed by atoms with E-state index in [1.165, 1.54) is 10.4 Å². The molecule has 0 saturated heterocycles. The predicted octanol–water partition coefficient (Wildman–Crippen LogP) is 3.69. The molecule has 0 radical (unpaired) electrons. The summed E-state index contributed by atoms with van der Waals surface area (Å²) >= 11 is 1.68. The summed E-state index contributed by atoms with van der Waals surface area (Å²) in [6.07, 6.45) is 6.29. The number of rotatable bonds is 8. The zero-order valence-corrected chi connectivity index (χ0v) is 15.0. The zero-order chi connectivity index (χ0) is 17.4. The highest BCUT2D eigenvalue weighted by Crippen LogP contribution is 2.27. The summed E-state index contributed by atoms with van der Waals surface area (Å²) in [6.45, 7) is 4.92. The van der Waals surface area contributed by atoms with Gasteiger partial charge in [-0.2, -0.15) is 0 Å². The van der Waals surface area contributed by atoms with Gasteiger partial charge in [0.1, 0.15) is 0 Å². The van der Waals surface area contributed by atoms with Crippen molar-refractivity contribution in [2.24, 2.45) is 0 Å². The van der Waals surface area contributed by atoms with E-state index >= 15 is 0 Å². The molecule has 2 N–H and O–H groups in total. The van der Waals surface area contributed by atoms with E-state index in [-0.39, 0.29) is 25.0 Å². The molecular formula is C20H24N2OS. The third-order valence-electron chi connectivity index (χ3n) is 4.13. The van der Waals surface area contributed by atoms with Gasteiger partial charge in [-0.1, -0.05) is 50.1 Å². The van der Waals surface area contributed by atoms with E-state index in [1.54, 1.807) is 11.3 Å². The van der Waals surface area contributed by atoms with Crippen LogP contribution in [-0.4, -0.2) is 19.0 Å². The first-order valence-corrected chi connectivity index (χ1v) is 9.10. The van der Waals surface area contributed by atoms with E-state index in [1.807, 2.05) is 6.07 Å². The number of hydrogen-bond acceptors (Lipinski definition) is 3. The second-order valence-corrected chi connectivity index (χ2v) is 6.77. The topological polar surface area (TPSA) is 41.1 Å². The van der Waals surface area contributed by atoms with Crippen LogP contribution in [0, 0.1) is 12.3 Å². The van der Waals surface area contributed by atoms with Gasteiger partial charge < -0.3 is 5.32 Å². The van der Waals surface area contributed by atoms with Gasteiger partial charge in [-0.3, -0.25) is 10.1 Å². The van der Waals surface area contributed by atoms with E-state index in [0.29, 0.717) is 5.92 Å². The number of nitrogens with one attached hydrogen (secondary N) is 2. The van der Waals surface area contributed by atoms with Crippen LogP contribution in [0.15, 0.2) is 41.8 Å². The van der Waals surface area contributed by atoms with Gasteiger partial charge in [0.05, 0.1) is 19.1 Å². The Morgan fingerprint density at radius 3 is 2.54 bits per heavy atom. The highest BCUT2D eigenvalue weighted by atomic mass is 32.1. The minimum absolute atomic E-state index is 0.00701. The SMILES string of the molecule is C#CCNC(=O)CN[C@H](c1ccc([C@H](C)CC)cc1)c1cccs1. The summed E-state index contributed by atoms with van der Waals surface area (Å²) in [5, 5.41) is 8.07. The molecule has 0 aliphatic heterocycles. The average Bonchev–Trinajstić information content (AvgIpc) is 3.14. The molecule has 126 valence electrons. The van der Waals surface area contributed by atoms with Gasteiger partial charge in [-0.15, -0.1) is 17.8 Å². The second-order valence-electron chi connectivity index (χ2n) is 5.79. The Labute approximate surface area is 148 Å². The summed E-state index contributed by atoms with van der Waals surface area (Å²) < 4.78 is 0. The lowest BCUT2D eigenvalue weighted by Crippen LogP contribution is -2.36. The van der Waals surface area contributed by atoms with Crippen molar-refractivity contribution in [3.05, 3.63) is 57.8 Å². The van der Waals surface area contributed by atoms with E-state index in [0.717, 1.165) is 12.0 Å². The molecule has 1 aromatic heterocycles. The summed E-state index contributed by atoms with van der Waals surface area (Å²) in [5.41, 5.74) is 2.51. The normalized spacial score (nSPS) is 13.0. The van der Waals surface area contributed by atoms with Gasteiger partial charge in [0.2, 0.25) is 5.91 Å². The van der Waals surface area contributed by atoms with Crippen molar-refractivity contribution in [3.63, 3.8) is 0 Å². The molecule has 1 amide bonds. The summed E-state index contributed by atoms with van der Waals surface area (Å²) in [5.74, 6) is 2.88. The molecular weight excluding hydrogens is 316 g/mol. The lowest BCUT2D eigenvalue weighted by molar-refractivity contribution is -0.120. The van der Waals surface area contributed by atoms with Crippen molar-refractivity contribution in [2.75, 3.05) is 13.1 Å². The summed E-state index contributed by atoms with van der Waals surface area (Å²) in [7, 11) is 0. The Morgan fingerprint density at radius 1 is 1.25 bits per heavy atom. The molecule has 0 unspecified atom stereocenters. The van der Waals surface area contributed by atoms with Crippen LogP contribution >= 0.6 is 11.3 Å². The van der Waals surface area contributed by atoms with Crippen molar-refractivity contribution >= 4 is 17.2 Å². The van der Waals surface area contributed by atoms with Crippen LogP contribution in [0.25, 0.3) is 0 Å². The Bertz CT molecular complexity index is 671. The van der Waals surface area contributed by atoms with Crippen LogP contribution in [0.1, 0.15) is 48.2 Å². The number of hydrogen-bond donors (Lipinski definition) is 2.